The van der Waals surface area contributed by atoms with E-state index in [1.165, 1.54) is 6.92 Å². The molecule has 128 valence electrons. The van der Waals surface area contributed by atoms with Gasteiger partial charge in [-0.3, -0.25) is 9.69 Å². The van der Waals surface area contributed by atoms with E-state index in [2.05, 4.69) is 16.3 Å². The minimum atomic E-state index is -0.388. The van der Waals surface area contributed by atoms with Crippen molar-refractivity contribution in [1.82, 2.24) is 4.90 Å². The lowest BCUT2D eigenvalue weighted by Gasteiger charge is -2.27. The minimum absolute atomic E-state index is 0.0476. The number of aliphatic hydroxyl groups excluding tert-OH is 1. The lowest BCUT2D eigenvalue weighted by molar-refractivity contribution is -0.114. The number of nitrogens with one attached hydrogen (secondary N) is 1. The fourth-order valence-electron chi connectivity index (χ4n) is 3.41. The first kappa shape index (κ1) is 17.1. The smallest absolute Gasteiger partial charge is 0.221 e. The number of likely N-dealkylation sites (tertiary alicyclic amines) is 1. The number of carbonyl (C=O) groups is 1. The number of carbonyl (C=O) groups excluding carboxylic acids is 1. The standard InChI is InChI=1S/C19H24N2O2S/c1-14(22)20-17-8-3-2-6-15(17)13-21-10-4-7-16(21)12-18(23)19-9-5-11-24-19/h2-3,5-6,8-9,11,16,18,23H,4,7,10,12-13H2,1H3,(H,20,22). The summed E-state index contributed by atoms with van der Waals surface area (Å²) in [6.45, 7) is 3.38. The van der Waals surface area contributed by atoms with Gasteiger partial charge in [-0.25, -0.2) is 0 Å². The monoisotopic (exact) mass is 344 g/mol. The van der Waals surface area contributed by atoms with Gasteiger partial charge in [0.05, 0.1) is 6.10 Å². The maximum Gasteiger partial charge on any atom is 0.221 e. The number of para-hydroxylation sites is 1. The summed E-state index contributed by atoms with van der Waals surface area (Å²) in [5.74, 6) is -0.0476. The zero-order valence-electron chi connectivity index (χ0n) is 13.9. The average molecular weight is 344 g/mol. The highest BCUT2D eigenvalue weighted by Gasteiger charge is 2.28. The number of aliphatic hydroxyl groups is 1. The number of nitrogens with zero attached hydrogens (tertiary/aromatic N) is 1. The number of hydrogen-bond donors (Lipinski definition) is 2. The van der Waals surface area contributed by atoms with Gasteiger partial charge >= 0.3 is 0 Å². The summed E-state index contributed by atoms with van der Waals surface area (Å²) in [7, 11) is 0. The van der Waals surface area contributed by atoms with Crippen LogP contribution in [0.4, 0.5) is 5.69 Å². The molecule has 3 rings (SSSR count). The second-order valence-corrected chi connectivity index (χ2v) is 7.35. The van der Waals surface area contributed by atoms with Crippen molar-refractivity contribution in [3.8, 4) is 0 Å². The zero-order chi connectivity index (χ0) is 16.9. The van der Waals surface area contributed by atoms with Crippen LogP contribution in [0.3, 0.4) is 0 Å². The number of hydrogen-bond acceptors (Lipinski definition) is 4. The van der Waals surface area contributed by atoms with Crippen molar-refractivity contribution in [3.63, 3.8) is 0 Å². The Hall–Kier alpha value is -1.69. The van der Waals surface area contributed by atoms with Crippen LogP contribution in [0.1, 0.15) is 42.7 Å². The van der Waals surface area contributed by atoms with Crippen molar-refractivity contribution in [2.24, 2.45) is 0 Å². The summed E-state index contributed by atoms with van der Waals surface area (Å²) in [6, 6.07) is 12.3. The van der Waals surface area contributed by atoms with Gasteiger partial charge in [0, 0.05) is 30.1 Å². The molecule has 1 aromatic heterocycles. The lowest BCUT2D eigenvalue weighted by atomic mass is 10.0. The summed E-state index contributed by atoms with van der Waals surface area (Å²) in [5.41, 5.74) is 2.01. The van der Waals surface area contributed by atoms with Crippen molar-refractivity contribution in [1.29, 1.82) is 0 Å². The van der Waals surface area contributed by atoms with Crippen LogP contribution in [0.5, 0.6) is 0 Å². The number of thiophene rings is 1. The molecular weight excluding hydrogens is 320 g/mol. The van der Waals surface area contributed by atoms with Crippen LogP contribution in [-0.2, 0) is 11.3 Å². The third-order valence-corrected chi connectivity index (χ3v) is 5.54. The lowest BCUT2D eigenvalue weighted by Crippen LogP contribution is -2.30. The zero-order valence-corrected chi connectivity index (χ0v) is 14.8. The van der Waals surface area contributed by atoms with E-state index in [0.717, 1.165) is 48.5 Å². The van der Waals surface area contributed by atoms with E-state index in [1.54, 1.807) is 11.3 Å². The Morgan fingerprint density at radius 3 is 2.96 bits per heavy atom. The fourth-order valence-corrected chi connectivity index (χ4v) is 4.14. The van der Waals surface area contributed by atoms with Crippen LogP contribution in [0, 0.1) is 0 Å². The van der Waals surface area contributed by atoms with Gasteiger partial charge in [0.15, 0.2) is 0 Å². The van der Waals surface area contributed by atoms with Crippen LogP contribution < -0.4 is 5.32 Å². The van der Waals surface area contributed by atoms with E-state index in [9.17, 15) is 9.90 Å². The molecule has 0 bridgehead atoms. The Bertz CT molecular complexity index is 672. The number of benzene rings is 1. The Kier molecular flexibility index (Phi) is 5.66. The Balaban J connectivity index is 1.67. The molecule has 2 atom stereocenters. The Labute approximate surface area is 147 Å². The third-order valence-electron chi connectivity index (χ3n) is 4.57. The second kappa shape index (κ2) is 7.92. The molecule has 0 radical (unpaired) electrons. The van der Waals surface area contributed by atoms with Crippen LogP contribution in [0.25, 0.3) is 0 Å². The van der Waals surface area contributed by atoms with Gasteiger partial charge < -0.3 is 10.4 Å². The predicted octanol–water partition coefficient (Wildman–Crippen LogP) is 3.79. The van der Waals surface area contributed by atoms with Crippen molar-refractivity contribution in [2.75, 3.05) is 11.9 Å². The minimum Gasteiger partial charge on any atom is -0.388 e. The molecule has 2 N–H and O–H groups in total. The molecule has 0 saturated carbocycles. The molecule has 1 amide bonds. The molecule has 24 heavy (non-hydrogen) atoms. The first-order chi connectivity index (χ1) is 11.6. The first-order valence-electron chi connectivity index (χ1n) is 8.44. The van der Waals surface area contributed by atoms with Crippen LogP contribution >= 0.6 is 11.3 Å². The van der Waals surface area contributed by atoms with Crippen LogP contribution in [0.2, 0.25) is 0 Å². The van der Waals surface area contributed by atoms with Crippen molar-refractivity contribution < 1.29 is 9.90 Å². The first-order valence-corrected chi connectivity index (χ1v) is 9.32. The fraction of sp³-hybridized carbons (Fsp3) is 0.421. The molecule has 2 unspecified atom stereocenters. The maximum atomic E-state index is 11.4. The van der Waals surface area contributed by atoms with Crippen LogP contribution in [-0.4, -0.2) is 28.5 Å². The van der Waals surface area contributed by atoms with E-state index in [-0.39, 0.29) is 12.0 Å². The molecule has 1 fully saturated rings. The molecular formula is C19H24N2O2S. The molecule has 1 aliphatic heterocycles. The molecule has 1 saturated heterocycles. The predicted molar refractivity (Wildman–Crippen MR) is 98.1 cm³/mol. The van der Waals surface area contributed by atoms with Gasteiger partial charge in [0.25, 0.3) is 0 Å². The Morgan fingerprint density at radius 1 is 1.38 bits per heavy atom. The highest BCUT2D eigenvalue weighted by atomic mass is 32.1. The van der Waals surface area contributed by atoms with Gasteiger partial charge in [0.2, 0.25) is 5.91 Å². The van der Waals surface area contributed by atoms with Crippen molar-refractivity contribution in [2.45, 2.75) is 44.9 Å². The highest BCUT2D eigenvalue weighted by Crippen LogP contribution is 2.31. The number of rotatable bonds is 6. The molecule has 0 spiro atoms. The molecule has 5 heteroatoms. The summed E-state index contributed by atoms with van der Waals surface area (Å²) in [5, 5.41) is 15.4. The normalized spacial score (nSPS) is 19.3. The molecule has 4 nitrogen and oxygen atoms in total. The summed E-state index contributed by atoms with van der Waals surface area (Å²) in [6.07, 6.45) is 2.65. The molecule has 1 aromatic carbocycles. The maximum absolute atomic E-state index is 11.4. The van der Waals surface area contributed by atoms with E-state index < -0.39 is 0 Å². The molecule has 1 aliphatic rings. The highest BCUT2D eigenvalue weighted by molar-refractivity contribution is 7.10. The van der Waals surface area contributed by atoms with E-state index in [1.807, 2.05) is 35.7 Å². The largest absolute Gasteiger partial charge is 0.388 e. The summed E-state index contributed by atoms with van der Waals surface area (Å²) < 4.78 is 0. The molecule has 0 aliphatic carbocycles. The topological polar surface area (TPSA) is 52.6 Å². The summed E-state index contributed by atoms with van der Waals surface area (Å²) >= 11 is 1.61. The van der Waals surface area contributed by atoms with Crippen molar-refractivity contribution >= 4 is 22.9 Å². The van der Waals surface area contributed by atoms with E-state index in [4.69, 9.17) is 0 Å². The average Bonchev–Trinajstić information content (AvgIpc) is 3.21. The Morgan fingerprint density at radius 2 is 2.21 bits per heavy atom. The van der Waals surface area contributed by atoms with E-state index >= 15 is 0 Å². The van der Waals surface area contributed by atoms with Gasteiger partial charge in [0.1, 0.15) is 0 Å². The van der Waals surface area contributed by atoms with Gasteiger partial charge in [-0.1, -0.05) is 24.3 Å². The number of anilines is 1. The van der Waals surface area contributed by atoms with Gasteiger partial charge in [-0.05, 0) is 48.9 Å². The molecule has 2 aromatic rings. The second-order valence-electron chi connectivity index (χ2n) is 6.37. The quantitative estimate of drug-likeness (QED) is 0.838. The van der Waals surface area contributed by atoms with Gasteiger partial charge in [-0.15, -0.1) is 11.3 Å². The summed E-state index contributed by atoms with van der Waals surface area (Å²) in [4.78, 5) is 14.9. The third kappa shape index (κ3) is 4.23. The van der Waals surface area contributed by atoms with Crippen molar-refractivity contribution in [3.05, 3.63) is 52.2 Å². The van der Waals surface area contributed by atoms with Gasteiger partial charge in [-0.2, -0.15) is 0 Å². The number of amides is 1. The molecule has 2 heterocycles. The van der Waals surface area contributed by atoms with E-state index in [0.29, 0.717) is 6.04 Å². The SMILES string of the molecule is CC(=O)Nc1ccccc1CN1CCCC1CC(O)c1cccs1. The van der Waals surface area contributed by atoms with Crippen LogP contribution in [0.15, 0.2) is 41.8 Å².